The molecule has 0 aromatic heterocycles. The van der Waals surface area contributed by atoms with Crippen molar-refractivity contribution in [2.75, 3.05) is 19.0 Å². The Morgan fingerprint density at radius 1 is 0.969 bits per heavy atom. The van der Waals surface area contributed by atoms with Crippen molar-refractivity contribution in [2.24, 2.45) is 0 Å². The fourth-order valence-electron chi connectivity index (χ4n) is 2.94. The van der Waals surface area contributed by atoms with Crippen LogP contribution in [0.4, 0.5) is 5.69 Å². The molecule has 0 saturated heterocycles. The Morgan fingerprint density at radius 2 is 1.75 bits per heavy atom. The third-order valence-electron chi connectivity index (χ3n) is 4.43. The van der Waals surface area contributed by atoms with Gasteiger partial charge in [-0.2, -0.15) is 0 Å². The molecule has 0 radical (unpaired) electrons. The zero-order valence-electron chi connectivity index (χ0n) is 17.8. The van der Waals surface area contributed by atoms with Gasteiger partial charge in [0.1, 0.15) is 11.4 Å². The Kier molecular flexibility index (Phi) is 7.48. The Labute approximate surface area is 186 Å². The van der Waals surface area contributed by atoms with E-state index in [-0.39, 0.29) is 11.4 Å². The number of ether oxygens (including phenoxy) is 2. The Balaban J connectivity index is 1.94. The number of phenols is 1. The maximum Gasteiger partial charge on any atom is 0.272 e. The average Bonchev–Trinajstić information content (AvgIpc) is 2.79. The maximum atomic E-state index is 13.0. The summed E-state index contributed by atoms with van der Waals surface area (Å²) in [6, 6.07) is 19.9. The predicted octanol–water partition coefficient (Wildman–Crippen LogP) is 4.21. The van der Waals surface area contributed by atoms with Crippen molar-refractivity contribution in [3.8, 4) is 17.2 Å². The van der Waals surface area contributed by atoms with E-state index in [1.54, 1.807) is 73.8 Å². The highest BCUT2D eigenvalue weighted by molar-refractivity contribution is 6.10. The number of rotatable bonds is 8. The van der Waals surface area contributed by atoms with E-state index in [2.05, 4.69) is 10.6 Å². The molecule has 0 unspecified atom stereocenters. The summed E-state index contributed by atoms with van der Waals surface area (Å²) in [5.74, 6) is 0.113. The number of benzene rings is 3. The highest BCUT2D eigenvalue weighted by atomic mass is 16.5. The van der Waals surface area contributed by atoms with Gasteiger partial charge in [0.25, 0.3) is 11.8 Å². The Morgan fingerprint density at radius 3 is 2.44 bits per heavy atom. The summed E-state index contributed by atoms with van der Waals surface area (Å²) in [6.45, 7) is 2.30. The van der Waals surface area contributed by atoms with E-state index in [0.29, 0.717) is 34.9 Å². The number of aromatic hydroxyl groups is 1. The van der Waals surface area contributed by atoms with Gasteiger partial charge in [-0.25, -0.2) is 0 Å². The van der Waals surface area contributed by atoms with E-state index in [9.17, 15) is 14.7 Å². The summed E-state index contributed by atoms with van der Waals surface area (Å²) in [4.78, 5) is 25.7. The molecule has 7 heteroatoms. The normalized spacial score (nSPS) is 10.9. The first-order valence-corrected chi connectivity index (χ1v) is 9.99. The van der Waals surface area contributed by atoms with Gasteiger partial charge in [0, 0.05) is 17.3 Å². The minimum atomic E-state index is -0.548. The molecule has 7 nitrogen and oxygen atoms in total. The van der Waals surface area contributed by atoms with Crippen LogP contribution in [-0.4, -0.2) is 30.6 Å². The zero-order chi connectivity index (χ0) is 22.9. The lowest BCUT2D eigenvalue weighted by Gasteiger charge is -2.13. The van der Waals surface area contributed by atoms with Gasteiger partial charge in [0.05, 0.1) is 13.7 Å². The van der Waals surface area contributed by atoms with Crippen LogP contribution in [-0.2, 0) is 4.79 Å². The van der Waals surface area contributed by atoms with Gasteiger partial charge < -0.3 is 25.2 Å². The van der Waals surface area contributed by atoms with Crippen LogP contribution in [0.3, 0.4) is 0 Å². The topological polar surface area (TPSA) is 96.9 Å². The Bertz CT molecular complexity index is 1130. The van der Waals surface area contributed by atoms with Crippen LogP contribution in [0.5, 0.6) is 17.2 Å². The molecular weight excluding hydrogens is 408 g/mol. The molecule has 0 aliphatic rings. The SMILES string of the molecule is CCOc1cc(/C=C(\NC(=O)c2ccccc2)C(=O)Nc2cccc(O)c2)ccc1OC. The maximum absolute atomic E-state index is 13.0. The lowest BCUT2D eigenvalue weighted by atomic mass is 10.1. The number of amides is 2. The lowest BCUT2D eigenvalue weighted by Crippen LogP contribution is -2.30. The van der Waals surface area contributed by atoms with Crippen LogP contribution in [0.2, 0.25) is 0 Å². The first-order valence-electron chi connectivity index (χ1n) is 9.99. The van der Waals surface area contributed by atoms with Crippen LogP contribution >= 0.6 is 0 Å². The quantitative estimate of drug-likeness (QED) is 0.464. The van der Waals surface area contributed by atoms with E-state index >= 15 is 0 Å². The fourth-order valence-corrected chi connectivity index (χ4v) is 2.94. The molecule has 32 heavy (non-hydrogen) atoms. The second-order valence-electron chi connectivity index (χ2n) is 6.73. The van der Waals surface area contributed by atoms with Gasteiger partial charge in [-0.15, -0.1) is 0 Å². The molecule has 0 fully saturated rings. The summed E-state index contributed by atoms with van der Waals surface area (Å²) in [5, 5.41) is 15.0. The molecular formula is C25H24N2O5. The molecule has 0 spiro atoms. The smallest absolute Gasteiger partial charge is 0.272 e. The summed E-state index contributed by atoms with van der Waals surface area (Å²) in [7, 11) is 1.54. The van der Waals surface area contributed by atoms with Crippen molar-refractivity contribution < 1.29 is 24.2 Å². The molecule has 0 heterocycles. The second-order valence-corrected chi connectivity index (χ2v) is 6.73. The van der Waals surface area contributed by atoms with Crippen molar-refractivity contribution in [2.45, 2.75) is 6.92 Å². The van der Waals surface area contributed by atoms with Gasteiger partial charge in [0.15, 0.2) is 11.5 Å². The van der Waals surface area contributed by atoms with Crippen LogP contribution < -0.4 is 20.1 Å². The largest absolute Gasteiger partial charge is 0.508 e. The number of hydrogen-bond donors (Lipinski definition) is 3. The number of nitrogens with one attached hydrogen (secondary N) is 2. The van der Waals surface area contributed by atoms with Crippen molar-refractivity contribution in [3.05, 3.63) is 89.6 Å². The molecule has 0 saturated carbocycles. The van der Waals surface area contributed by atoms with Crippen LogP contribution in [0.15, 0.2) is 78.5 Å². The number of anilines is 1. The van der Waals surface area contributed by atoms with Gasteiger partial charge in [-0.1, -0.05) is 30.3 Å². The van der Waals surface area contributed by atoms with Crippen LogP contribution in [0.1, 0.15) is 22.8 Å². The minimum absolute atomic E-state index is 0.0122. The highest BCUT2D eigenvalue weighted by Gasteiger charge is 2.16. The third-order valence-corrected chi connectivity index (χ3v) is 4.43. The van der Waals surface area contributed by atoms with E-state index in [0.717, 1.165) is 0 Å². The number of methoxy groups -OCH3 is 1. The fraction of sp³-hybridized carbons (Fsp3) is 0.120. The van der Waals surface area contributed by atoms with Crippen LogP contribution in [0, 0.1) is 0 Å². The molecule has 0 aliphatic carbocycles. The second kappa shape index (κ2) is 10.7. The van der Waals surface area contributed by atoms with Gasteiger partial charge in [0.2, 0.25) is 0 Å². The van der Waals surface area contributed by atoms with E-state index in [1.165, 1.54) is 12.1 Å². The predicted molar refractivity (Wildman–Crippen MR) is 123 cm³/mol. The highest BCUT2D eigenvalue weighted by Crippen LogP contribution is 2.29. The molecule has 2 amide bonds. The average molecular weight is 432 g/mol. The Hall–Kier alpha value is -4.26. The van der Waals surface area contributed by atoms with Crippen LogP contribution in [0.25, 0.3) is 6.08 Å². The first-order chi connectivity index (χ1) is 15.5. The monoisotopic (exact) mass is 432 g/mol. The molecule has 3 aromatic carbocycles. The summed E-state index contributed by atoms with van der Waals surface area (Å²) in [5.41, 5.74) is 1.45. The summed E-state index contributed by atoms with van der Waals surface area (Å²) in [6.07, 6.45) is 1.54. The van der Waals surface area contributed by atoms with Gasteiger partial charge >= 0.3 is 0 Å². The van der Waals surface area contributed by atoms with Crippen molar-refractivity contribution in [1.82, 2.24) is 5.32 Å². The molecule has 0 aliphatic heterocycles. The van der Waals surface area contributed by atoms with E-state index < -0.39 is 11.8 Å². The van der Waals surface area contributed by atoms with Crippen molar-refractivity contribution in [1.29, 1.82) is 0 Å². The number of carbonyl (C=O) groups excluding carboxylic acids is 2. The van der Waals surface area contributed by atoms with E-state index in [4.69, 9.17) is 9.47 Å². The molecule has 164 valence electrons. The number of phenolic OH excluding ortho intramolecular Hbond substituents is 1. The third kappa shape index (κ3) is 5.89. The molecule has 0 atom stereocenters. The van der Waals surface area contributed by atoms with E-state index in [1.807, 2.05) is 6.92 Å². The lowest BCUT2D eigenvalue weighted by molar-refractivity contribution is -0.113. The zero-order valence-corrected chi connectivity index (χ0v) is 17.8. The van der Waals surface area contributed by atoms with Crippen molar-refractivity contribution in [3.63, 3.8) is 0 Å². The molecule has 3 N–H and O–H groups in total. The van der Waals surface area contributed by atoms with Gasteiger partial charge in [-0.3, -0.25) is 9.59 Å². The molecule has 0 bridgehead atoms. The summed E-state index contributed by atoms with van der Waals surface area (Å²) < 4.78 is 10.9. The summed E-state index contributed by atoms with van der Waals surface area (Å²) >= 11 is 0. The number of carbonyl (C=O) groups is 2. The van der Waals surface area contributed by atoms with Crippen molar-refractivity contribution >= 4 is 23.6 Å². The van der Waals surface area contributed by atoms with Gasteiger partial charge in [-0.05, 0) is 55.0 Å². The number of hydrogen-bond acceptors (Lipinski definition) is 5. The standard InChI is InChI=1S/C25H24N2O5/c1-3-32-23-15-17(12-13-22(23)31-2)14-21(27-24(29)18-8-5-4-6-9-18)25(30)26-19-10-7-11-20(28)16-19/h4-16,28H,3H2,1-2H3,(H,26,30)(H,27,29)/b21-14-. The first kappa shape index (κ1) is 22.4. The molecule has 3 rings (SSSR count). The minimum Gasteiger partial charge on any atom is -0.508 e. The molecule has 3 aromatic rings.